The summed E-state index contributed by atoms with van der Waals surface area (Å²) in [5.41, 5.74) is 0.926. The van der Waals surface area contributed by atoms with Crippen molar-refractivity contribution in [2.75, 3.05) is 26.2 Å². The van der Waals surface area contributed by atoms with Gasteiger partial charge in [-0.2, -0.15) is 9.40 Å². The van der Waals surface area contributed by atoms with Gasteiger partial charge in [0, 0.05) is 32.5 Å². The highest BCUT2D eigenvalue weighted by Gasteiger charge is 2.34. The van der Waals surface area contributed by atoms with Gasteiger partial charge in [-0.05, 0) is 25.6 Å². The monoisotopic (exact) mass is 366 g/mol. The molecule has 0 spiro atoms. The molecule has 0 radical (unpaired) electrons. The highest BCUT2D eigenvalue weighted by molar-refractivity contribution is 7.89. The molecule has 1 aliphatic heterocycles. The first-order chi connectivity index (χ1) is 12.0. The molecule has 0 unspecified atom stereocenters. The highest BCUT2D eigenvalue weighted by Crippen LogP contribution is 2.27. The summed E-state index contributed by atoms with van der Waals surface area (Å²) in [7, 11) is -1.83. The lowest BCUT2D eigenvalue weighted by Crippen LogP contribution is -2.42. The van der Waals surface area contributed by atoms with Crippen molar-refractivity contribution in [1.82, 2.24) is 28.5 Å². The lowest BCUT2D eigenvalue weighted by atomic mass is 10.1. The van der Waals surface area contributed by atoms with Crippen LogP contribution < -0.4 is 0 Å². The van der Waals surface area contributed by atoms with Crippen LogP contribution in [0.2, 0.25) is 0 Å². The summed E-state index contributed by atoms with van der Waals surface area (Å²) >= 11 is 0. The largest absolute Gasteiger partial charge is 0.339 e. The molecule has 25 heavy (non-hydrogen) atoms. The fourth-order valence-corrected chi connectivity index (χ4v) is 4.69. The normalized spacial score (nSPS) is 18.6. The van der Waals surface area contributed by atoms with E-state index in [1.807, 2.05) is 10.7 Å². The molecule has 3 heterocycles. The Morgan fingerprint density at radius 2 is 2.08 bits per heavy atom. The molecule has 0 fully saturated rings. The minimum atomic E-state index is -3.60. The minimum absolute atomic E-state index is 0.0397. The van der Waals surface area contributed by atoms with Crippen LogP contribution in [-0.2, 0) is 23.6 Å². The minimum Gasteiger partial charge on any atom is -0.339 e. The zero-order valence-electron chi connectivity index (χ0n) is 15.0. The summed E-state index contributed by atoms with van der Waals surface area (Å²) in [5.74, 6) is 0. The number of aromatic nitrogens is 4. The molecule has 0 saturated carbocycles. The standard InChI is InChI=1S/C16H26N6O2S/c1-4-20(5-2)9-7-15-11-21(10-14-6-8-18-22(14)15)25(23,24)16-12-19(3)13-17-16/h6,8,12-13,15H,4-5,7,9-11H2,1-3H3/t15-/m1/s1. The van der Waals surface area contributed by atoms with Crippen molar-refractivity contribution < 1.29 is 8.42 Å². The van der Waals surface area contributed by atoms with E-state index in [1.165, 1.54) is 10.6 Å². The maximum atomic E-state index is 12.9. The second-order valence-electron chi connectivity index (χ2n) is 6.41. The maximum absolute atomic E-state index is 12.9. The third kappa shape index (κ3) is 3.63. The van der Waals surface area contributed by atoms with E-state index in [4.69, 9.17) is 0 Å². The van der Waals surface area contributed by atoms with Gasteiger partial charge in [-0.1, -0.05) is 13.8 Å². The molecule has 1 aliphatic rings. The van der Waals surface area contributed by atoms with E-state index in [2.05, 4.69) is 28.8 Å². The van der Waals surface area contributed by atoms with Gasteiger partial charge in [0.1, 0.15) is 0 Å². The van der Waals surface area contributed by atoms with Crippen LogP contribution in [0.4, 0.5) is 0 Å². The van der Waals surface area contributed by atoms with Crippen LogP contribution in [-0.4, -0.2) is 63.1 Å². The molecule has 1 atom stereocenters. The fourth-order valence-electron chi connectivity index (χ4n) is 3.28. The average Bonchev–Trinajstić information content (AvgIpc) is 3.24. The van der Waals surface area contributed by atoms with Crippen LogP contribution in [0.15, 0.2) is 29.8 Å². The van der Waals surface area contributed by atoms with Gasteiger partial charge >= 0.3 is 0 Å². The zero-order chi connectivity index (χ0) is 18.0. The molecule has 0 aliphatic carbocycles. The van der Waals surface area contributed by atoms with Crippen LogP contribution >= 0.6 is 0 Å². The quantitative estimate of drug-likeness (QED) is 0.733. The number of fused-ring (bicyclic) bond motifs is 1. The first kappa shape index (κ1) is 18.1. The molecule has 2 aromatic heterocycles. The molecule has 8 nitrogen and oxygen atoms in total. The number of imidazole rings is 1. The Balaban J connectivity index is 1.82. The van der Waals surface area contributed by atoms with Crippen LogP contribution in [0.3, 0.4) is 0 Å². The highest BCUT2D eigenvalue weighted by atomic mass is 32.2. The van der Waals surface area contributed by atoms with Crippen LogP contribution in [0.25, 0.3) is 0 Å². The first-order valence-corrected chi connectivity index (χ1v) is 10.1. The lowest BCUT2D eigenvalue weighted by molar-refractivity contribution is 0.218. The first-order valence-electron chi connectivity index (χ1n) is 8.68. The Morgan fingerprint density at radius 3 is 2.72 bits per heavy atom. The van der Waals surface area contributed by atoms with Gasteiger partial charge in [-0.25, -0.2) is 13.4 Å². The number of hydrogen-bond acceptors (Lipinski definition) is 5. The van der Waals surface area contributed by atoms with Gasteiger partial charge in [0.2, 0.25) is 0 Å². The van der Waals surface area contributed by atoms with Crippen molar-refractivity contribution in [1.29, 1.82) is 0 Å². The third-order valence-electron chi connectivity index (χ3n) is 4.81. The lowest BCUT2D eigenvalue weighted by Gasteiger charge is -2.33. The van der Waals surface area contributed by atoms with E-state index in [0.717, 1.165) is 31.7 Å². The van der Waals surface area contributed by atoms with E-state index in [9.17, 15) is 8.42 Å². The Morgan fingerprint density at radius 1 is 1.32 bits per heavy atom. The van der Waals surface area contributed by atoms with Gasteiger partial charge in [0.05, 0.1) is 24.6 Å². The molecular formula is C16H26N6O2S. The molecular weight excluding hydrogens is 340 g/mol. The summed E-state index contributed by atoms with van der Waals surface area (Å²) in [5, 5.41) is 4.52. The van der Waals surface area contributed by atoms with Gasteiger partial charge in [0.15, 0.2) is 5.03 Å². The van der Waals surface area contributed by atoms with Gasteiger partial charge < -0.3 is 9.47 Å². The Labute approximate surface area is 149 Å². The molecule has 0 bridgehead atoms. The molecule has 138 valence electrons. The Hall–Kier alpha value is -1.71. The molecule has 0 N–H and O–H groups in total. The predicted octanol–water partition coefficient (Wildman–Crippen LogP) is 1.09. The summed E-state index contributed by atoms with van der Waals surface area (Å²) < 4.78 is 31.0. The second-order valence-corrected chi connectivity index (χ2v) is 8.30. The van der Waals surface area contributed by atoms with Crippen molar-refractivity contribution in [2.45, 2.75) is 37.9 Å². The van der Waals surface area contributed by atoms with E-state index >= 15 is 0 Å². The Bertz CT molecular complexity index is 808. The number of hydrogen-bond donors (Lipinski definition) is 0. The summed E-state index contributed by atoms with van der Waals surface area (Å²) in [6.45, 7) is 7.95. The molecule has 9 heteroatoms. The molecule has 0 saturated heterocycles. The van der Waals surface area contributed by atoms with Gasteiger partial charge in [-0.15, -0.1) is 0 Å². The van der Waals surface area contributed by atoms with E-state index in [-0.39, 0.29) is 11.1 Å². The molecule has 2 aromatic rings. The number of sulfonamides is 1. The summed E-state index contributed by atoms with van der Waals surface area (Å²) in [6.07, 6.45) is 5.67. The number of aryl methyl sites for hydroxylation is 1. The van der Waals surface area contributed by atoms with E-state index in [0.29, 0.717) is 13.1 Å². The second kappa shape index (κ2) is 7.27. The zero-order valence-corrected chi connectivity index (χ0v) is 15.9. The van der Waals surface area contributed by atoms with Gasteiger partial charge in [0.25, 0.3) is 10.0 Å². The van der Waals surface area contributed by atoms with Crippen LogP contribution in [0.1, 0.15) is 32.0 Å². The predicted molar refractivity (Wildman–Crippen MR) is 94.5 cm³/mol. The number of rotatable bonds is 7. The van der Waals surface area contributed by atoms with E-state index in [1.54, 1.807) is 24.0 Å². The van der Waals surface area contributed by atoms with Crippen molar-refractivity contribution in [3.05, 3.63) is 30.5 Å². The summed E-state index contributed by atoms with van der Waals surface area (Å²) in [4.78, 5) is 6.38. The Kier molecular flexibility index (Phi) is 5.26. The van der Waals surface area contributed by atoms with Crippen LogP contribution in [0, 0.1) is 0 Å². The molecule has 3 rings (SSSR count). The smallest absolute Gasteiger partial charge is 0.262 e. The SMILES string of the molecule is CCN(CC)CC[C@@H]1CN(S(=O)(=O)c2cn(C)cn2)Cc2ccnn21. The summed E-state index contributed by atoms with van der Waals surface area (Å²) in [6, 6.07) is 1.93. The van der Waals surface area contributed by atoms with Crippen molar-refractivity contribution in [3.8, 4) is 0 Å². The average molecular weight is 366 g/mol. The van der Waals surface area contributed by atoms with E-state index < -0.39 is 10.0 Å². The van der Waals surface area contributed by atoms with Gasteiger partial charge in [-0.3, -0.25) is 4.68 Å². The van der Waals surface area contributed by atoms with Crippen molar-refractivity contribution >= 4 is 10.0 Å². The van der Waals surface area contributed by atoms with Crippen molar-refractivity contribution in [2.24, 2.45) is 7.05 Å². The van der Waals surface area contributed by atoms with Crippen molar-refractivity contribution in [3.63, 3.8) is 0 Å². The third-order valence-corrected chi connectivity index (χ3v) is 6.51. The molecule has 0 aromatic carbocycles. The molecule has 0 amide bonds. The maximum Gasteiger partial charge on any atom is 0.262 e. The van der Waals surface area contributed by atoms with Crippen LogP contribution in [0.5, 0.6) is 0 Å². The topological polar surface area (TPSA) is 76.3 Å². The fraction of sp³-hybridized carbons (Fsp3) is 0.625. The number of nitrogens with zero attached hydrogens (tertiary/aromatic N) is 6.